The normalized spacial score (nSPS) is 16.5. The molecule has 0 amide bonds. The molecule has 0 bridgehead atoms. The van der Waals surface area contributed by atoms with Gasteiger partial charge in [0.15, 0.2) is 0 Å². The van der Waals surface area contributed by atoms with E-state index in [1.165, 1.54) is 12.1 Å². The molecule has 1 fully saturated rings. The molecule has 1 N–H and O–H groups in total. The van der Waals surface area contributed by atoms with Gasteiger partial charge in [0, 0.05) is 6.42 Å². The predicted octanol–water partition coefficient (Wildman–Crippen LogP) is 2.77. The van der Waals surface area contributed by atoms with Gasteiger partial charge in [-0.05, 0) is 48.8 Å². The Morgan fingerprint density at radius 1 is 1.33 bits per heavy atom. The fourth-order valence-corrected chi connectivity index (χ4v) is 2.94. The Hall–Kier alpha value is -1.40. The first kappa shape index (κ1) is 16.0. The van der Waals surface area contributed by atoms with Crippen molar-refractivity contribution in [2.45, 2.75) is 43.4 Å². The zero-order valence-electron chi connectivity index (χ0n) is 12.0. The quantitative estimate of drug-likeness (QED) is 0.618. The summed E-state index contributed by atoms with van der Waals surface area (Å²) in [6.45, 7) is 2.14. The summed E-state index contributed by atoms with van der Waals surface area (Å²) in [6.07, 6.45) is 3.40. The topological polar surface area (TPSA) is 80.7 Å². The maximum Gasteiger partial charge on any atom is 0.305 e. The van der Waals surface area contributed by atoms with E-state index in [1.807, 2.05) is 0 Å². The molecule has 2 rings (SSSR count). The molecule has 0 radical (unpaired) electrons. The number of esters is 1. The Labute approximate surface area is 125 Å². The zero-order valence-corrected chi connectivity index (χ0v) is 12.8. The Morgan fingerprint density at radius 2 is 1.95 bits per heavy atom. The number of carbonyl (C=O) groups excluding carboxylic acids is 1. The van der Waals surface area contributed by atoms with Gasteiger partial charge in [0.05, 0.1) is 11.5 Å². The summed E-state index contributed by atoms with van der Waals surface area (Å²) in [5.41, 5.74) is 1.03. The van der Waals surface area contributed by atoms with E-state index in [1.54, 1.807) is 19.1 Å². The van der Waals surface area contributed by atoms with Crippen LogP contribution in [0.25, 0.3) is 0 Å². The maximum absolute atomic E-state index is 11.2. The van der Waals surface area contributed by atoms with Gasteiger partial charge in [-0.25, -0.2) is 0 Å². The first-order chi connectivity index (χ1) is 9.91. The summed E-state index contributed by atoms with van der Waals surface area (Å²) in [5.74, 6) is 0.637. The summed E-state index contributed by atoms with van der Waals surface area (Å²) >= 11 is 0. The first-order valence-corrected chi connectivity index (χ1v) is 8.59. The first-order valence-electron chi connectivity index (χ1n) is 7.15. The summed E-state index contributed by atoms with van der Waals surface area (Å²) < 4.78 is 36.2. The maximum atomic E-state index is 11.2. The van der Waals surface area contributed by atoms with Gasteiger partial charge in [-0.1, -0.05) is 19.1 Å². The molecule has 116 valence electrons. The molecule has 1 aromatic carbocycles. The molecule has 0 aromatic heterocycles. The minimum Gasteiger partial charge on any atom is -0.466 e. The molecule has 1 aromatic rings. The lowest BCUT2D eigenvalue weighted by Gasteiger charge is -2.17. The van der Waals surface area contributed by atoms with Crippen molar-refractivity contribution >= 4 is 16.1 Å². The number of benzene rings is 1. The van der Waals surface area contributed by atoms with Crippen molar-refractivity contribution < 1.29 is 22.5 Å². The average molecular weight is 312 g/mol. The van der Waals surface area contributed by atoms with Crippen LogP contribution >= 0.6 is 0 Å². The van der Waals surface area contributed by atoms with Gasteiger partial charge in [0.2, 0.25) is 0 Å². The minimum atomic E-state index is -4.15. The van der Waals surface area contributed by atoms with E-state index in [2.05, 4.69) is 0 Å². The van der Waals surface area contributed by atoms with E-state index < -0.39 is 10.1 Å². The summed E-state index contributed by atoms with van der Waals surface area (Å²) in [7, 11) is -4.15. The van der Waals surface area contributed by atoms with E-state index in [-0.39, 0.29) is 16.8 Å². The molecule has 0 saturated heterocycles. The van der Waals surface area contributed by atoms with Crippen LogP contribution in [0.15, 0.2) is 29.2 Å². The molecular weight excluding hydrogens is 292 g/mol. The number of hydrogen-bond acceptors (Lipinski definition) is 4. The van der Waals surface area contributed by atoms with Crippen LogP contribution in [0.1, 0.15) is 44.1 Å². The molecule has 0 spiro atoms. The van der Waals surface area contributed by atoms with Crippen molar-refractivity contribution in [3.8, 4) is 0 Å². The SMILES string of the molecule is CCC(=O)OCCC(c1ccc(S(=O)(=O)O)cc1)C1CC1. The fourth-order valence-electron chi connectivity index (χ4n) is 2.46. The third kappa shape index (κ3) is 4.54. The molecule has 1 aliphatic rings. The third-order valence-electron chi connectivity index (χ3n) is 3.78. The molecule has 0 heterocycles. The fraction of sp³-hybridized carbons (Fsp3) is 0.533. The standard InChI is InChI=1S/C15H20O5S/c1-2-15(16)20-10-9-14(11-3-4-11)12-5-7-13(8-6-12)21(17,18)19/h5-8,11,14H,2-4,9-10H2,1H3,(H,17,18,19). The highest BCUT2D eigenvalue weighted by Gasteiger charge is 2.32. The van der Waals surface area contributed by atoms with Crippen molar-refractivity contribution in [2.24, 2.45) is 5.92 Å². The van der Waals surface area contributed by atoms with Gasteiger partial charge in [0.25, 0.3) is 10.1 Å². The van der Waals surface area contributed by atoms with Gasteiger partial charge in [0.1, 0.15) is 0 Å². The highest BCUT2D eigenvalue weighted by atomic mass is 32.2. The van der Waals surface area contributed by atoms with Crippen LogP contribution in [0, 0.1) is 5.92 Å². The van der Waals surface area contributed by atoms with E-state index in [0.717, 1.165) is 24.8 Å². The van der Waals surface area contributed by atoms with Gasteiger partial charge < -0.3 is 4.74 Å². The summed E-state index contributed by atoms with van der Waals surface area (Å²) in [6, 6.07) is 6.29. The lowest BCUT2D eigenvalue weighted by atomic mass is 9.91. The lowest BCUT2D eigenvalue weighted by Crippen LogP contribution is -2.10. The Kier molecular flexibility index (Phi) is 5.00. The summed E-state index contributed by atoms with van der Waals surface area (Å²) in [5, 5.41) is 0. The monoisotopic (exact) mass is 312 g/mol. The second-order valence-corrected chi connectivity index (χ2v) is 6.77. The number of rotatable bonds is 7. The van der Waals surface area contributed by atoms with Gasteiger partial charge >= 0.3 is 5.97 Å². The van der Waals surface area contributed by atoms with Gasteiger partial charge in [-0.2, -0.15) is 8.42 Å². The molecule has 1 atom stereocenters. The Balaban J connectivity index is 2.03. The van der Waals surface area contributed by atoms with Crippen LogP contribution in [-0.4, -0.2) is 25.5 Å². The number of ether oxygens (including phenoxy) is 1. The second kappa shape index (κ2) is 6.58. The molecule has 1 aliphatic carbocycles. The lowest BCUT2D eigenvalue weighted by molar-refractivity contribution is -0.143. The number of hydrogen-bond donors (Lipinski definition) is 1. The summed E-state index contributed by atoms with van der Waals surface area (Å²) in [4.78, 5) is 11.1. The van der Waals surface area contributed by atoms with E-state index in [4.69, 9.17) is 9.29 Å². The van der Waals surface area contributed by atoms with Gasteiger partial charge in [-0.3, -0.25) is 9.35 Å². The van der Waals surface area contributed by atoms with Crippen LogP contribution < -0.4 is 0 Å². The third-order valence-corrected chi connectivity index (χ3v) is 4.65. The highest BCUT2D eigenvalue weighted by molar-refractivity contribution is 7.85. The van der Waals surface area contributed by atoms with Crippen molar-refractivity contribution in [1.29, 1.82) is 0 Å². The molecule has 6 heteroatoms. The van der Waals surface area contributed by atoms with E-state index >= 15 is 0 Å². The van der Waals surface area contributed by atoms with Crippen LogP contribution in [0.4, 0.5) is 0 Å². The zero-order chi connectivity index (χ0) is 15.5. The van der Waals surface area contributed by atoms with E-state index in [9.17, 15) is 13.2 Å². The molecule has 0 aliphatic heterocycles. The Bertz CT molecular complexity index is 587. The largest absolute Gasteiger partial charge is 0.466 e. The van der Waals surface area contributed by atoms with Crippen molar-refractivity contribution in [3.63, 3.8) is 0 Å². The van der Waals surface area contributed by atoms with Crippen molar-refractivity contribution in [3.05, 3.63) is 29.8 Å². The molecule has 21 heavy (non-hydrogen) atoms. The van der Waals surface area contributed by atoms with Crippen LogP contribution in [0.5, 0.6) is 0 Å². The molecular formula is C15H20O5S. The van der Waals surface area contributed by atoms with Crippen molar-refractivity contribution in [1.82, 2.24) is 0 Å². The predicted molar refractivity (Wildman–Crippen MR) is 77.6 cm³/mol. The molecule has 1 saturated carbocycles. The molecule has 5 nitrogen and oxygen atoms in total. The average Bonchev–Trinajstić information content (AvgIpc) is 3.27. The second-order valence-electron chi connectivity index (χ2n) is 5.35. The van der Waals surface area contributed by atoms with Crippen molar-refractivity contribution in [2.75, 3.05) is 6.61 Å². The molecule has 1 unspecified atom stereocenters. The van der Waals surface area contributed by atoms with Crippen LogP contribution in [0.3, 0.4) is 0 Å². The van der Waals surface area contributed by atoms with Crippen LogP contribution in [-0.2, 0) is 19.6 Å². The highest BCUT2D eigenvalue weighted by Crippen LogP contribution is 2.44. The Morgan fingerprint density at radius 3 is 2.43 bits per heavy atom. The number of carbonyl (C=O) groups is 1. The van der Waals surface area contributed by atoms with Crippen LogP contribution in [0.2, 0.25) is 0 Å². The van der Waals surface area contributed by atoms with E-state index in [0.29, 0.717) is 18.9 Å². The smallest absolute Gasteiger partial charge is 0.305 e. The van der Waals surface area contributed by atoms with Gasteiger partial charge in [-0.15, -0.1) is 0 Å². The minimum absolute atomic E-state index is 0.0989.